The van der Waals surface area contributed by atoms with E-state index in [1.807, 2.05) is 61.1 Å². The molecule has 0 saturated carbocycles. The molecule has 2 aromatic rings. The average molecular weight is 433 g/mol. The molecule has 0 spiro atoms. The fourth-order valence-corrected chi connectivity index (χ4v) is 5.84. The first-order chi connectivity index (χ1) is 14.3. The number of morpholine rings is 1. The Bertz CT molecular complexity index is 974. The van der Waals surface area contributed by atoms with Crippen LogP contribution in [0.4, 0.5) is 0 Å². The van der Waals surface area contributed by atoms with Crippen LogP contribution < -0.4 is 0 Å². The van der Waals surface area contributed by atoms with Crippen molar-refractivity contribution >= 4 is 16.1 Å². The van der Waals surface area contributed by atoms with Crippen LogP contribution in [0, 0.1) is 0 Å². The van der Waals surface area contributed by atoms with Gasteiger partial charge in [0.15, 0.2) is 0 Å². The Morgan fingerprint density at radius 2 is 1.57 bits per heavy atom. The van der Waals surface area contributed by atoms with E-state index < -0.39 is 10.2 Å². The number of aromatic nitrogens is 1. The summed E-state index contributed by atoms with van der Waals surface area (Å²) in [6.45, 7) is 5.84. The number of rotatable bonds is 4. The third kappa shape index (κ3) is 4.29. The summed E-state index contributed by atoms with van der Waals surface area (Å²) in [5.41, 5.74) is 1.52. The maximum absolute atomic E-state index is 13.0. The fourth-order valence-electron chi connectivity index (χ4n) is 4.09. The van der Waals surface area contributed by atoms with Crippen molar-refractivity contribution in [2.45, 2.75) is 26.1 Å². The second-order valence-electron chi connectivity index (χ2n) is 7.91. The molecule has 2 aliphatic heterocycles. The molecule has 1 aromatic heterocycles. The standard InChI is InChI=1S/C21H28N4O4S/c1-17-15-25(16-18(2)29-17)30(27,28)24-12-10-23(11-13-24)21(26)19-6-5-7-20(14-19)22-8-3-4-9-22/h3-9,14,17-18H,10-13,15-16H2,1-2H3. The Balaban J connectivity index is 1.41. The van der Waals surface area contributed by atoms with Gasteiger partial charge in [0.2, 0.25) is 0 Å². The molecule has 30 heavy (non-hydrogen) atoms. The number of hydrogen-bond acceptors (Lipinski definition) is 4. The van der Waals surface area contributed by atoms with E-state index in [1.165, 1.54) is 8.61 Å². The van der Waals surface area contributed by atoms with Crippen LogP contribution in [0.5, 0.6) is 0 Å². The third-order valence-electron chi connectivity index (χ3n) is 5.56. The molecule has 4 rings (SSSR count). The summed E-state index contributed by atoms with van der Waals surface area (Å²) >= 11 is 0. The lowest BCUT2D eigenvalue weighted by molar-refractivity contribution is -0.0457. The average Bonchev–Trinajstić information content (AvgIpc) is 3.28. The summed E-state index contributed by atoms with van der Waals surface area (Å²) in [4.78, 5) is 14.7. The zero-order chi connectivity index (χ0) is 21.3. The van der Waals surface area contributed by atoms with Crippen LogP contribution in [0.2, 0.25) is 0 Å². The molecule has 8 nitrogen and oxygen atoms in total. The Morgan fingerprint density at radius 1 is 0.933 bits per heavy atom. The van der Waals surface area contributed by atoms with Crippen molar-refractivity contribution in [1.82, 2.24) is 18.1 Å². The number of ether oxygens (including phenoxy) is 1. The summed E-state index contributed by atoms with van der Waals surface area (Å²) in [6, 6.07) is 11.3. The number of hydrogen-bond donors (Lipinski definition) is 0. The minimum Gasteiger partial charge on any atom is -0.373 e. The molecule has 0 radical (unpaired) electrons. The molecule has 1 aromatic carbocycles. The number of benzene rings is 1. The number of carbonyl (C=O) groups excluding carboxylic acids is 1. The normalized spacial score (nSPS) is 24.1. The van der Waals surface area contributed by atoms with E-state index in [2.05, 4.69) is 0 Å². The molecule has 2 unspecified atom stereocenters. The highest BCUT2D eigenvalue weighted by molar-refractivity contribution is 7.86. The lowest BCUT2D eigenvalue weighted by Gasteiger charge is -2.40. The van der Waals surface area contributed by atoms with Gasteiger partial charge < -0.3 is 14.2 Å². The monoisotopic (exact) mass is 432 g/mol. The molecular formula is C21H28N4O4S. The molecular weight excluding hydrogens is 404 g/mol. The minimum absolute atomic E-state index is 0.0744. The Morgan fingerprint density at radius 3 is 2.20 bits per heavy atom. The van der Waals surface area contributed by atoms with Crippen LogP contribution in [0.15, 0.2) is 48.8 Å². The van der Waals surface area contributed by atoms with E-state index in [9.17, 15) is 13.2 Å². The van der Waals surface area contributed by atoms with Crippen LogP contribution in [-0.4, -0.2) is 83.9 Å². The van der Waals surface area contributed by atoms with Crippen molar-refractivity contribution in [3.63, 3.8) is 0 Å². The van der Waals surface area contributed by atoms with Crippen LogP contribution in [0.3, 0.4) is 0 Å². The topological polar surface area (TPSA) is 75.1 Å². The lowest BCUT2D eigenvalue weighted by Crippen LogP contribution is -2.57. The van der Waals surface area contributed by atoms with Crippen molar-refractivity contribution in [3.8, 4) is 5.69 Å². The van der Waals surface area contributed by atoms with Crippen molar-refractivity contribution in [3.05, 3.63) is 54.4 Å². The molecule has 2 atom stereocenters. The molecule has 9 heteroatoms. The van der Waals surface area contributed by atoms with Crippen molar-refractivity contribution in [1.29, 1.82) is 0 Å². The molecule has 2 saturated heterocycles. The second kappa shape index (κ2) is 8.50. The zero-order valence-corrected chi connectivity index (χ0v) is 18.2. The van der Waals surface area contributed by atoms with Gasteiger partial charge in [-0.1, -0.05) is 6.07 Å². The van der Waals surface area contributed by atoms with E-state index in [-0.39, 0.29) is 18.1 Å². The molecule has 2 aliphatic rings. The highest BCUT2D eigenvalue weighted by Crippen LogP contribution is 2.20. The maximum atomic E-state index is 13.0. The van der Waals surface area contributed by atoms with Gasteiger partial charge in [0.05, 0.1) is 12.2 Å². The molecule has 0 bridgehead atoms. The van der Waals surface area contributed by atoms with Crippen molar-refractivity contribution < 1.29 is 17.9 Å². The quantitative estimate of drug-likeness (QED) is 0.735. The summed E-state index contributed by atoms with van der Waals surface area (Å²) in [6.07, 6.45) is 3.61. The number of carbonyl (C=O) groups is 1. The van der Waals surface area contributed by atoms with Crippen LogP contribution in [0.1, 0.15) is 24.2 Å². The molecule has 0 aliphatic carbocycles. The first kappa shape index (κ1) is 21.0. The molecule has 2 fully saturated rings. The van der Waals surface area contributed by atoms with Gasteiger partial charge in [-0.25, -0.2) is 0 Å². The van der Waals surface area contributed by atoms with Gasteiger partial charge >= 0.3 is 0 Å². The summed E-state index contributed by atoms with van der Waals surface area (Å²) in [5.74, 6) is -0.0744. The lowest BCUT2D eigenvalue weighted by atomic mass is 10.1. The van der Waals surface area contributed by atoms with Gasteiger partial charge in [-0.3, -0.25) is 4.79 Å². The van der Waals surface area contributed by atoms with Crippen molar-refractivity contribution in [2.24, 2.45) is 0 Å². The first-order valence-corrected chi connectivity index (χ1v) is 11.7. The third-order valence-corrected chi connectivity index (χ3v) is 7.53. The Kier molecular flexibility index (Phi) is 5.97. The fraction of sp³-hybridized carbons (Fsp3) is 0.476. The van der Waals surface area contributed by atoms with Gasteiger partial charge in [0.1, 0.15) is 0 Å². The molecule has 162 valence electrons. The number of piperazine rings is 1. The molecule has 3 heterocycles. The highest BCUT2D eigenvalue weighted by atomic mass is 32.2. The Labute approximate surface area is 177 Å². The van der Waals surface area contributed by atoms with E-state index in [0.29, 0.717) is 44.8 Å². The van der Waals surface area contributed by atoms with Gasteiger partial charge in [0, 0.05) is 62.9 Å². The maximum Gasteiger partial charge on any atom is 0.282 e. The SMILES string of the molecule is CC1CN(S(=O)(=O)N2CCN(C(=O)c3cccc(-n4cccc4)c3)CC2)CC(C)O1. The van der Waals surface area contributed by atoms with E-state index in [1.54, 1.807) is 11.0 Å². The molecule has 1 amide bonds. The number of amides is 1. The predicted molar refractivity (Wildman–Crippen MR) is 114 cm³/mol. The molecule has 0 N–H and O–H groups in total. The largest absolute Gasteiger partial charge is 0.373 e. The smallest absolute Gasteiger partial charge is 0.282 e. The van der Waals surface area contributed by atoms with Crippen molar-refractivity contribution in [2.75, 3.05) is 39.3 Å². The van der Waals surface area contributed by atoms with Crippen LogP contribution in [-0.2, 0) is 14.9 Å². The van der Waals surface area contributed by atoms with E-state index in [0.717, 1.165) is 5.69 Å². The first-order valence-electron chi connectivity index (χ1n) is 10.3. The summed E-state index contributed by atoms with van der Waals surface area (Å²) in [7, 11) is -3.56. The number of nitrogens with zero attached hydrogens (tertiary/aromatic N) is 4. The zero-order valence-electron chi connectivity index (χ0n) is 17.3. The summed E-state index contributed by atoms with van der Waals surface area (Å²) < 4.78 is 36.7. The van der Waals surface area contributed by atoms with Gasteiger partial charge in [-0.15, -0.1) is 0 Å². The van der Waals surface area contributed by atoms with Gasteiger partial charge in [0.25, 0.3) is 16.1 Å². The second-order valence-corrected chi connectivity index (χ2v) is 9.84. The van der Waals surface area contributed by atoms with Gasteiger partial charge in [-0.05, 0) is 44.2 Å². The van der Waals surface area contributed by atoms with E-state index in [4.69, 9.17) is 4.74 Å². The van der Waals surface area contributed by atoms with Crippen LogP contribution >= 0.6 is 0 Å². The highest BCUT2D eigenvalue weighted by Gasteiger charge is 2.37. The minimum atomic E-state index is -3.56. The van der Waals surface area contributed by atoms with Crippen LogP contribution in [0.25, 0.3) is 5.69 Å². The van der Waals surface area contributed by atoms with Gasteiger partial charge in [-0.2, -0.15) is 17.0 Å². The predicted octanol–water partition coefficient (Wildman–Crippen LogP) is 1.59. The Hall–Kier alpha value is -2.20. The summed E-state index contributed by atoms with van der Waals surface area (Å²) in [5, 5.41) is 0. The van der Waals surface area contributed by atoms with E-state index >= 15 is 0 Å².